The van der Waals surface area contributed by atoms with Crippen molar-refractivity contribution in [2.75, 3.05) is 0 Å². The zero-order chi connectivity index (χ0) is 14.7. The summed E-state index contributed by atoms with van der Waals surface area (Å²) in [7, 11) is 0. The van der Waals surface area contributed by atoms with Crippen molar-refractivity contribution in [2.45, 2.75) is 6.92 Å². The quantitative estimate of drug-likeness (QED) is 0.406. The van der Waals surface area contributed by atoms with E-state index in [-0.39, 0.29) is 5.90 Å². The molecule has 104 valence electrons. The summed E-state index contributed by atoms with van der Waals surface area (Å²) >= 11 is 0. The molecule has 0 saturated heterocycles. The highest BCUT2D eigenvalue weighted by Gasteiger charge is 2.08. The molecule has 0 amide bonds. The number of benzene rings is 1. The minimum Gasteiger partial charge on any atom is -0.854 e. The Morgan fingerprint density at radius 1 is 1.10 bits per heavy atom. The molecule has 2 aromatic heterocycles. The van der Waals surface area contributed by atoms with Crippen LogP contribution in [0.5, 0.6) is 0 Å². The Hall–Kier alpha value is -3.02. The van der Waals surface area contributed by atoms with Gasteiger partial charge in [-0.3, -0.25) is 0 Å². The maximum absolute atomic E-state index is 11.9. The molecular weight excluding hydrogens is 268 g/mol. The average Bonchev–Trinajstić information content (AvgIpc) is 2.95. The number of aryl methyl sites for hydroxylation is 1. The highest BCUT2D eigenvalue weighted by molar-refractivity contribution is 5.89. The molecule has 0 spiro atoms. The van der Waals surface area contributed by atoms with Gasteiger partial charge in [-0.15, -0.1) is 10.2 Å². The zero-order valence-electron chi connectivity index (χ0n) is 11.3. The van der Waals surface area contributed by atoms with Crippen LogP contribution in [-0.2, 0) is 0 Å². The molecule has 6 nitrogen and oxygen atoms in total. The number of pyridine rings is 1. The third kappa shape index (κ3) is 2.94. The molecule has 0 atom stereocenters. The Balaban J connectivity index is 1.84. The van der Waals surface area contributed by atoms with Gasteiger partial charge >= 0.3 is 0 Å². The van der Waals surface area contributed by atoms with Gasteiger partial charge < -0.3 is 9.52 Å². The van der Waals surface area contributed by atoms with Crippen molar-refractivity contribution in [2.24, 2.45) is 5.10 Å². The fourth-order valence-electron chi connectivity index (χ4n) is 1.78. The monoisotopic (exact) mass is 280 g/mol. The fraction of sp³-hybridized carbons (Fsp3) is 0.0667. The van der Waals surface area contributed by atoms with Crippen molar-refractivity contribution in [3.63, 3.8) is 0 Å². The van der Waals surface area contributed by atoms with Crippen LogP contribution in [0.1, 0.15) is 11.5 Å². The number of nitrogens with zero attached hydrogens (tertiary/aromatic N) is 4. The topological polar surface area (TPSA) is 78.2 Å². The van der Waals surface area contributed by atoms with Gasteiger partial charge in [0.2, 0.25) is 24.2 Å². The van der Waals surface area contributed by atoms with E-state index in [1.165, 1.54) is 4.68 Å². The van der Waals surface area contributed by atoms with Crippen molar-refractivity contribution >= 4 is 5.90 Å². The van der Waals surface area contributed by atoms with Gasteiger partial charge in [0.05, 0.1) is 11.5 Å². The van der Waals surface area contributed by atoms with Gasteiger partial charge in [0.25, 0.3) is 0 Å². The molecule has 1 aromatic carbocycles. The van der Waals surface area contributed by atoms with Crippen molar-refractivity contribution in [3.05, 3.63) is 66.3 Å². The predicted molar refractivity (Wildman–Crippen MR) is 73.0 cm³/mol. The first kappa shape index (κ1) is 13.0. The minimum absolute atomic E-state index is 0.304. The zero-order valence-corrected chi connectivity index (χ0v) is 11.3. The van der Waals surface area contributed by atoms with Crippen molar-refractivity contribution in [1.29, 1.82) is 0 Å². The number of hydrogen-bond acceptors (Lipinski definition) is 5. The Labute approximate surface area is 121 Å². The van der Waals surface area contributed by atoms with Crippen LogP contribution in [-0.4, -0.2) is 16.1 Å². The lowest BCUT2D eigenvalue weighted by Crippen LogP contribution is -2.33. The van der Waals surface area contributed by atoms with Crippen LogP contribution in [0.4, 0.5) is 0 Å². The number of aromatic nitrogens is 3. The van der Waals surface area contributed by atoms with E-state index in [9.17, 15) is 5.11 Å². The number of rotatable bonds is 3. The van der Waals surface area contributed by atoms with Crippen molar-refractivity contribution in [3.8, 4) is 11.5 Å². The van der Waals surface area contributed by atoms with Crippen molar-refractivity contribution in [1.82, 2.24) is 10.2 Å². The second kappa shape index (κ2) is 5.54. The van der Waals surface area contributed by atoms with E-state index >= 15 is 0 Å². The molecule has 0 aliphatic rings. The van der Waals surface area contributed by atoms with Crippen molar-refractivity contribution < 1.29 is 14.2 Å². The smallest absolute Gasteiger partial charge is 0.248 e. The van der Waals surface area contributed by atoms with Crippen LogP contribution in [0, 0.1) is 6.92 Å². The third-order valence-corrected chi connectivity index (χ3v) is 2.81. The van der Waals surface area contributed by atoms with E-state index in [0.717, 1.165) is 5.56 Å². The van der Waals surface area contributed by atoms with Crippen LogP contribution >= 0.6 is 0 Å². The summed E-state index contributed by atoms with van der Waals surface area (Å²) in [5.41, 5.74) is 1.32. The maximum atomic E-state index is 11.9. The molecule has 0 aliphatic carbocycles. The van der Waals surface area contributed by atoms with Gasteiger partial charge in [-0.2, -0.15) is 0 Å². The maximum Gasteiger partial charge on any atom is 0.248 e. The first-order chi connectivity index (χ1) is 10.2. The van der Waals surface area contributed by atoms with Gasteiger partial charge in [0.15, 0.2) is 0 Å². The standard InChI is InChI=1S/C15H12N4O2/c1-11-16-17-15(21-11)13-7-9-19(10-8-13)18-14(20)12-5-3-2-4-6-12/h2-10H,1H3. The SMILES string of the molecule is Cc1nnc(-c2cc[n+](/N=C(\[O-])c3ccccc3)cc2)o1. The lowest BCUT2D eigenvalue weighted by Gasteiger charge is -2.05. The van der Waals surface area contributed by atoms with Gasteiger partial charge in [-0.1, -0.05) is 35.0 Å². The summed E-state index contributed by atoms with van der Waals surface area (Å²) in [6.45, 7) is 1.73. The summed E-state index contributed by atoms with van der Waals surface area (Å²) in [4.78, 5) is 0. The second-order valence-corrected chi connectivity index (χ2v) is 4.36. The molecule has 0 bridgehead atoms. The predicted octanol–water partition coefficient (Wildman–Crippen LogP) is 0.903. The molecule has 0 fully saturated rings. The summed E-state index contributed by atoms with van der Waals surface area (Å²) in [6.07, 6.45) is 3.32. The molecule has 6 heteroatoms. The average molecular weight is 280 g/mol. The summed E-state index contributed by atoms with van der Waals surface area (Å²) < 4.78 is 6.78. The molecule has 0 N–H and O–H groups in total. The van der Waals surface area contributed by atoms with E-state index in [4.69, 9.17) is 4.42 Å². The molecule has 21 heavy (non-hydrogen) atoms. The van der Waals surface area contributed by atoms with Crippen LogP contribution < -0.4 is 9.78 Å². The number of hydrogen-bond donors (Lipinski definition) is 0. The Bertz CT molecular complexity index is 764. The molecule has 0 aliphatic heterocycles. The summed E-state index contributed by atoms with van der Waals surface area (Å²) in [6, 6.07) is 12.4. The van der Waals surface area contributed by atoms with Gasteiger partial charge in [-0.05, 0) is 10.7 Å². The van der Waals surface area contributed by atoms with Crippen LogP contribution in [0.3, 0.4) is 0 Å². The normalized spacial score (nSPS) is 11.6. The first-order valence-corrected chi connectivity index (χ1v) is 6.35. The van der Waals surface area contributed by atoms with Crippen LogP contribution in [0.15, 0.2) is 64.4 Å². The molecule has 0 unspecified atom stereocenters. The van der Waals surface area contributed by atoms with Crippen LogP contribution in [0.25, 0.3) is 11.5 Å². The van der Waals surface area contributed by atoms with Crippen LogP contribution in [0.2, 0.25) is 0 Å². The second-order valence-electron chi connectivity index (χ2n) is 4.36. The van der Waals surface area contributed by atoms with E-state index in [1.54, 1.807) is 55.7 Å². The fourth-order valence-corrected chi connectivity index (χ4v) is 1.78. The molecule has 3 rings (SSSR count). The Kier molecular flexibility index (Phi) is 3.42. The van der Waals surface area contributed by atoms with E-state index in [1.807, 2.05) is 6.07 Å². The molecule has 0 radical (unpaired) electrons. The highest BCUT2D eigenvalue weighted by atomic mass is 16.4. The lowest BCUT2D eigenvalue weighted by molar-refractivity contribution is -0.681. The highest BCUT2D eigenvalue weighted by Crippen LogP contribution is 2.15. The van der Waals surface area contributed by atoms with Gasteiger partial charge in [0, 0.05) is 19.1 Å². The molecule has 0 saturated carbocycles. The first-order valence-electron chi connectivity index (χ1n) is 6.35. The summed E-state index contributed by atoms with van der Waals surface area (Å²) in [5.74, 6) is 0.640. The molecule has 2 heterocycles. The third-order valence-electron chi connectivity index (χ3n) is 2.81. The molecule has 3 aromatic rings. The van der Waals surface area contributed by atoms with E-state index in [0.29, 0.717) is 17.3 Å². The van der Waals surface area contributed by atoms with Gasteiger partial charge in [0.1, 0.15) is 0 Å². The molecular formula is C15H12N4O2. The van der Waals surface area contributed by atoms with E-state index < -0.39 is 0 Å². The summed E-state index contributed by atoms with van der Waals surface area (Å²) in [5, 5.41) is 23.6. The van der Waals surface area contributed by atoms with E-state index in [2.05, 4.69) is 15.3 Å². The largest absolute Gasteiger partial charge is 0.854 e. The minimum atomic E-state index is -0.304. The Morgan fingerprint density at radius 3 is 2.43 bits per heavy atom. The Morgan fingerprint density at radius 2 is 1.81 bits per heavy atom. The lowest BCUT2D eigenvalue weighted by atomic mass is 10.2. The van der Waals surface area contributed by atoms with Gasteiger partial charge in [-0.25, -0.2) is 0 Å².